The van der Waals surface area contributed by atoms with Crippen LogP contribution in [0.25, 0.3) is 5.76 Å². The van der Waals surface area contributed by atoms with E-state index >= 15 is 0 Å². The number of ketones is 1. The molecular weight excluding hydrogens is 585 g/mol. The highest BCUT2D eigenvalue weighted by Gasteiger charge is 2.49. The standard InChI is InChI=1S/C27H18Cl3N3O3S2/c1-14-6-8-15(9-7-14)23(34)21-22(18-11-10-17(28)12-20(18)30)33(25(36)24(21)35)26-31-32-27(38-26)37-13-16-4-2-3-5-19(16)29/h2-12,22,34H,13H2,1H3/b23-21-. The Morgan fingerprint density at radius 3 is 2.45 bits per heavy atom. The predicted octanol–water partition coefficient (Wildman–Crippen LogP) is 7.73. The zero-order valence-electron chi connectivity index (χ0n) is 19.7. The Hall–Kier alpha value is -2.88. The predicted molar refractivity (Wildman–Crippen MR) is 153 cm³/mol. The van der Waals surface area contributed by atoms with E-state index in [0.717, 1.165) is 22.5 Å². The van der Waals surface area contributed by atoms with E-state index in [1.807, 2.05) is 43.3 Å². The lowest BCUT2D eigenvalue weighted by molar-refractivity contribution is -0.132. The number of carbonyl (C=O) groups is 2. The number of hydrogen-bond donors (Lipinski definition) is 1. The Kier molecular flexibility index (Phi) is 7.79. The summed E-state index contributed by atoms with van der Waals surface area (Å²) >= 11 is 21.5. The van der Waals surface area contributed by atoms with E-state index in [1.165, 1.54) is 22.7 Å². The first-order valence-corrected chi connectivity index (χ1v) is 14.2. The quantitative estimate of drug-likeness (QED) is 0.0800. The number of thioether (sulfide) groups is 1. The largest absolute Gasteiger partial charge is 0.507 e. The number of Topliss-reactive ketones (excluding diaryl/α,β-unsaturated/α-hetero) is 1. The van der Waals surface area contributed by atoms with Crippen molar-refractivity contribution in [1.82, 2.24) is 10.2 Å². The molecule has 1 aromatic heterocycles. The molecule has 0 aliphatic carbocycles. The monoisotopic (exact) mass is 601 g/mol. The van der Waals surface area contributed by atoms with Crippen LogP contribution in [0.3, 0.4) is 0 Å². The molecule has 1 saturated heterocycles. The minimum Gasteiger partial charge on any atom is -0.507 e. The van der Waals surface area contributed by atoms with Gasteiger partial charge >= 0.3 is 5.91 Å². The summed E-state index contributed by atoms with van der Waals surface area (Å²) in [5, 5.41) is 21.1. The number of nitrogens with zero attached hydrogens (tertiary/aromatic N) is 3. The Bertz CT molecular complexity index is 1590. The molecule has 192 valence electrons. The Labute approximate surface area is 241 Å². The molecule has 11 heteroatoms. The first-order valence-electron chi connectivity index (χ1n) is 11.3. The number of aromatic nitrogens is 2. The number of rotatable bonds is 6. The maximum absolute atomic E-state index is 13.4. The van der Waals surface area contributed by atoms with Crippen molar-refractivity contribution in [3.63, 3.8) is 0 Å². The lowest BCUT2D eigenvalue weighted by Gasteiger charge is -2.23. The second-order valence-corrected chi connectivity index (χ2v) is 11.9. The fraction of sp³-hybridized carbons (Fsp3) is 0.111. The Morgan fingerprint density at radius 1 is 1.00 bits per heavy atom. The SMILES string of the molecule is Cc1ccc(/C(O)=C2/C(=O)C(=O)N(c3nnc(SCc4ccccc4Cl)s3)C2c2ccc(Cl)cc2Cl)cc1. The van der Waals surface area contributed by atoms with E-state index in [2.05, 4.69) is 10.2 Å². The molecular formula is C27H18Cl3N3O3S2. The number of aliphatic hydroxyl groups is 1. The molecule has 1 fully saturated rings. The van der Waals surface area contributed by atoms with Gasteiger partial charge in [-0.1, -0.05) is 112 Å². The summed E-state index contributed by atoms with van der Waals surface area (Å²) in [6.45, 7) is 1.91. The number of carbonyl (C=O) groups excluding carboxylic acids is 2. The number of aliphatic hydroxyl groups excluding tert-OH is 1. The van der Waals surface area contributed by atoms with Crippen LogP contribution < -0.4 is 4.90 Å². The molecule has 6 nitrogen and oxygen atoms in total. The molecule has 1 N–H and O–H groups in total. The highest BCUT2D eigenvalue weighted by molar-refractivity contribution is 8.00. The van der Waals surface area contributed by atoms with Crippen LogP contribution in [0.4, 0.5) is 5.13 Å². The highest BCUT2D eigenvalue weighted by Crippen LogP contribution is 2.46. The zero-order chi connectivity index (χ0) is 27.0. The molecule has 1 atom stereocenters. The van der Waals surface area contributed by atoms with Gasteiger partial charge in [-0.25, -0.2) is 0 Å². The second kappa shape index (κ2) is 11.1. The number of anilines is 1. The molecule has 0 spiro atoms. The fourth-order valence-corrected chi connectivity index (χ4v) is 6.69. The van der Waals surface area contributed by atoms with E-state index in [4.69, 9.17) is 34.8 Å². The third-order valence-electron chi connectivity index (χ3n) is 5.94. The number of benzene rings is 3. The Morgan fingerprint density at radius 2 is 1.74 bits per heavy atom. The van der Waals surface area contributed by atoms with Gasteiger partial charge in [-0.15, -0.1) is 10.2 Å². The normalized spacial score (nSPS) is 16.8. The van der Waals surface area contributed by atoms with Crippen LogP contribution in [0, 0.1) is 6.92 Å². The molecule has 38 heavy (non-hydrogen) atoms. The maximum atomic E-state index is 13.4. The third kappa shape index (κ3) is 5.19. The first-order chi connectivity index (χ1) is 18.2. The van der Waals surface area contributed by atoms with E-state index in [9.17, 15) is 14.7 Å². The van der Waals surface area contributed by atoms with Gasteiger partial charge in [-0.05, 0) is 36.2 Å². The number of halogens is 3. The van der Waals surface area contributed by atoms with Crippen molar-refractivity contribution in [2.75, 3.05) is 4.90 Å². The lowest BCUT2D eigenvalue weighted by Crippen LogP contribution is -2.29. The van der Waals surface area contributed by atoms with Crippen LogP contribution >= 0.6 is 57.9 Å². The van der Waals surface area contributed by atoms with Gasteiger partial charge in [0, 0.05) is 26.4 Å². The molecule has 1 aliphatic heterocycles. The topological polar surface area (TPSA) is 83.4 Å². The van der Waals surface area contributed by atoms with Gasteiger partial charge in [0.15, 0.2) is 4.34 Å². The maximum Gasteiger partial charge on any atom is 0.301 e. The van der Waals surface area contributed by atoms with Crippen LogP contribution in [-0.4, -0.2) is 27.0 Å². The van der Waals surface area contributed by atoms with Crippen molar-refractivity contribution in [2.24, 2.45) is 0 Å². The highest BCUT2D eigenvalue weighted by atomic mass is 35.5. The van der Waals surface area contributed by atoms with Crippen LogP contribution in [0.2, 0.25) is 15.1 Å². The summed E-state index contributed by atoms with van der Waals surface area (Å²) in [5.41, 5.74) is 2.64. The molecule has 5 rings (SSSR count). The van der Waals surface area contributed by atoms with E-state index < -0.39 is 17.7 Å². The first kappa shape index (κ1) is 26.7. The summed E-state index contributed by atoms with van der Waals surface area (Å²) in [4.78, 5) is 28.0. The van der Waals surface area contributed by atoms with E-state index in [-0.39, 0.29) is 21.5 Å². The molecule has 4 aromatic rings. The van der Waals surface area contributed by atoms with Crippen molar-refractivity contribution in [3.8, 4) is 0 Å². The zero-order valence-corrected chi connectivity index (χ0v) is 23.6. The summed E-state index contributed by atoms with van der Waals surface area (Å²) < 4.78 is 0.585. The average molecular weight is 603 g/mol. The molecule has 1 unspecified atom stereocenters. The van der Waals surface area contributed by atoms with Crippen molar-refractivity contribution in [3.05, 3.63) is 110 Å². The summed E-state index contributed by atoms with van der Waals surface area (Å²) in [6, 6.07) is 18.2. The van der Waals surface area contributed by atoms with E-state index in [0.29, 0.717) is 31.3 Å². The molecule has 0 bridgehead atoms. The lowest BCUT2D eigenvalue weighted by atomic mass is 9.95. The minimum atomic E-state index is -1.03. The minimum absolute atomic E-state index is 0.0939. The molecule has 1 amide bonds. The van der Waals surface area contributed by atoms with Gasteiger partial charge in [0.2, 0.25) is 5.13 Å². The smallest absolute Gasteiger partial charge is 0.301 e. The Balaban J connectivity index is 1.57. The van der Waals surface area contributed by atoms with Crippen molar-refractivity contribution < 1.29 is 14.7 Å². The molecule has 1 aliphatic rings. The van der Waals surface area contributed by atoms with Crippen molar-refractivity contribution >= 4 is 80.5 Å². The molecule has 0 saturated carbocycles. The van der Waals surface area contributed by atoms with E-state index in [1.54, 1.807) is 24.3 Å². The van der Waals surface area contributed by atoms with Gasteiger partial charge in [0.05, 0.1) is 11.6 Å². The van der Waals surface area contributed by atoms with Gasteiger partial charge in [-0.3, -0.25) is 14.5 Å². The number of hydrogen-bond acceptors (Lipinski definition) is 7. The van der Waals surface area contributed by atoms with Crippen molar-refractivity contribution in [1.29, 1.82) is 0 Å². The number of amides is 1. The molecule has 3 aromatic carbocycles. The van der Waals surface area contributed by atoms with Crippen LogP contribution in [0.1, 0.15) is 28.3 Å². The average Bonchev–Trinajstić information content (AvgIpc) is 3.46. The van der Waals surface area contributed by atoms with Gasteiger partial charge in [0.1, 0.15) is 5.76 Å². The summed E-state index contributed by atoms with van der Waals surface area (Å²) in [5.74, 6) is -1.44. The van der Waals surface area contributed by atoms with Gasteiger partial charge in [-0.2, -0.15) is 0 Å². The summed E-state index contributed by atoms with van der Waals surface area (Å²) in [7, 11) is 0. The van der Waals surface area contributed by atoms with Gasteiger partial charge < -0.3 is 5.11 Å². The van der Waals surface area contributed by atoms with Crippen LogP contribution in [-0.2, 0) is 15.3 Å². The fourth-order valence-electron chi connectivity index (χ4n) is 4.03. The third-order valence-corrected chi connectivity index (χ3v) is 8.97. The van der Waals surface area contributed by atoms with Crippen LogP contribution in [0.15, 0.2) is 76.6 Å². The second-order valence-electron chi connectivity index (χ2n) is 8.43. The summed E-state index contributed by atoms with van der Waals surface area (Å²) in [6.07, 6.45) is 0. The van der Waals surface area contributed by atoms with Gasteiger partial charge in [0.25, 0.3) is 5.78 Å². The van der Waals surface area contributed by atoms with Crippen molar-refractivity contribution in [2.45, 2.75) is 23.1 Å². The molecule has 2 heterocycles. The van der Waals surface area contributed by atoms with Crippen LogP contribution in [0.5, 0.6) is 0 Å². The number of aryl methyl sites for hydroxylation is 1. The molecule has 0 radical (unpaired) electrons.